The van der Waals surface area contributed by atoms with Crippen molar-refractivity contribution in [2.24, 2.45) is 5.92 Å². The van der Waals surface area contributed by atoms with Crippen molar-refractivity contribution < 1.29 is 32.6 Å². The minimum atomic E-state index is -5.36. The first-order valence-corrected chi connectivity index (χ1v) is 13.8. The molecule has 1 aliphatic heterocycles. The lowest BCUT2D eigenvalue weighted by Gasteiger charge is -2.45. The van der Waals surface area contributed by atoms with Crippen LogP contribution in [0.25, 0.3) is 0 Å². The lowest BCUT2D eigenvalue weighted by Crippen LogP contribution is -2.66. The summed E-state index contributed by atoms with van der Waals surface area (Å²) in [6, 6.07) is 17.1. The van der Waals surface area contributed by atoms with E-state index in [2.05, 4.69) is 5.32 Å². The number of Topliss-reactive ketones (excluding diaryl/α,β-unsaturated/α-hetero) is 1. The van der Waals surface area contributed by atoms with E-state index >= 15 is 0 Å². The predicted octanol–water partition coefficient (Wildman–Crippen LogP) is 5.95. The number of amides is 1. The Morgan fingerprint density at radius 2 is 1.98 bits per heavy atom. The van der Waals surface area contributed by atoms with E-state index in [1.807, 2.05) is 11.4 Å². The summed E-state index contributed by atoms with van der Waals surface area (Å²) < 4.78 is 49.0. The van der Waals surface area contributed by atoms with Gasteiger partial charge in [0, 0.05) is 22.7 Å². The molecular formula is C27H21ClF3N3O4S2. The van der Waals surface area contributed by atoms with E-state index < -0.39 is 46.2 Å². The zero-order valence-corrected chi connectivity index (χ0v) is 23.0. The molecule has 3 unspecified atom stereocenters. The summed E-state index contributed by atoms with van der Waals surface area (Å²) in [5, 5.41) is 27.1. The van der Waals surface area contributed by atoms with Gasteiger partial charge in [0.25, 0.3) is 0 Å². The first-order chi connectivity index (χ1) is 19.0. The number of methoxy groups -OCH3 is 1. The van der Waals surface area contributed by atoms with E-state index in [1.165, 1.54) is 42.8 Å². The highest BCUT2D eigenvalue weighted by molar-refractivity contribution is 8.03. The molecule has 13 heteroatoms. The Bertz CT molecular complexity index is 1490. The van der Waals surface area contributed by atoms with Crippen molar-refractivity contribution in [3.05, 3.63) is 92.1 Å². The minimum absolute atomic E-state index is 0.00997. The van der Waals surface area contributed by atoms with Crippen LogP contribution in [0, 0.1) is 17.2 Å². The lowest BCUT2D eigenvalue weighted by molar-refractivity contribution is -0.285. The molecule has 3 atom stereocenters. The summed E-state index contributed by atoms with van der Waals surface area (Å²) in [7, 11) is 1.45. The van der Waals surface area contributed by atoms with Gasteiger partial charge in [-0.3, -0.25) is 9.59 Å². The summed E-state index contributed by atoms with van der Waals surface area (Å²) in [4.78, 5) is 26.2. The Kier molecular flexibility index (Phi) is 8.80. The molecule has 3 N–H and O–H groups in total. The van der Waals surface area contributed by atoms with Crippen molar-refractivity contribution in [2.75, 3.05) is 18.2 Å². The fourth-order valence-corrected chi connectivity index (χ4v) is 6.22. The van der Waals surface area contributed by atoms with Gasteiger partial charge >= 0.3 is 6.18 Å². The van der Waals surface area contributed by atoms with Crippen LogP contribution in [-0.2, 0) is 4.79 Å². The second kappa shape index (κ2) is 11.9. The highest BCUT2D eigenvalue weighted by atomic mass is 35.5. The molecule has 4 rings (SSSR count). The molecule has 2 heterocycles. The fraction of sp³-hybridized carbons (Fsp3) is 0.222. The number of thiophene rings is 1. The summed E-state index contributed by atoms with van der Waals surface area (Å²) in [6.07, 6.45) is -5.36. The number of ether oxygens (including phenoxy) is 1. The Morgan fingerprint density at radius 3 is 2.60 bits per heavy atom. The third-order valence-electron chi connectivity index (χ3n) is 6.18. The van der Waals surface area contributed by atoms with Crippen molar-refractivity contribution >= 4 is 52.1 Å². The molecule has 0 saturated carbocycles. The van der Waals surface area contributed by atoms with E-state index in [0.717, 1.165) is 11.3 Å². The summed E-state index contributed by atoms with van der Waals surface area (Å²) in [5.74, 6) is -5.32. The standard InChI is InChI=1S/C27H21ClF3N3O4S2/c1-38-16-7-4-6-15(12-16)33-21(35)14-40-25-18(13-32)22(17-8-2-3-9-19(17)28)23(24(36)20-10-5-11-39-20)26(37,34-25)27(29,30)31/h2-12,22-23,34,37H,14H2,1H3,(H,33,35). The van der Waals surface area contributed by atoms with Crippen LogP contribution in [0.3, 0.4) is 0 Å². The third kappa shape index (κ3) is 5.83. The van der Waals surface area contributed by atoms with Crippen LogP contribution in [0.2, 0.25) is 5.02 Å². The fourth-order valence-electron chi connectivity index (χ4n) is 4.36. The van der Waals surface area contributed by atoms with Crippen molar-refractivity contribution in [3.8, 4) is 11.8 Å². The number of nitriles is 1. The first-order valence-electron chi connectivity index (χ1n) is 11.6. The number of hydrogen-bond donors (Lipinski definition) is 3. The van der Waals surface area contributed by atoms with Crippen LogP contribution < -0.4 is 15.4 Å². The number of carbonyl (C=O) groups is 2. The molecule has 2 aromatic carbocycles. The van der Waals surface area contributed by atoms with Crippen LogP contribution in [0.15, 0.2) is 76.6 Å². The van der Waals surface area contributed by atoms with Gasteiger partial charge in [-0.2, -0.15) is 18.4 Å². The van der Waals surface area contributed by atoms with E-state index in [4.69, 9.17) is 16.3 Å². The second-order valence-corrected chi connectivity index (χ2v) is 11.0. The van der Waals surface area contributed by atoms with Crippen molar-refractivity contribution in [3.63, 3.8) is 0 Å². The topological polar surface area (TPSA) is 111 Å². The van der Waals surface area contributed by atoms with Crippen LogP contribution in [-0.4, -0.2) is 41.6 Å². The van der Waals surface area contributed by atoms with Gasteiger partial charge in [0.15, 0.2) is 5.78 Å². The van der Waals surface area contributed by atoms with E-state index in [-0.39, 0.29) is 21.0 Å². The molecule has 3 aromatic rings. The molecule has 40 heavy (non-hydrogen) atoms. The van der Waals surface area contributed by atoms with E-state index in [0.29, 0.717) is 23.2 Å². The van der Waals surface area contributed by atoms with Crippen LogP contribution >= 0.6 is 34.7 Å². The highest BCUT2D eigenvalue weighted by Gasteiger charge is 2.66. The molecule has 1 aliphatic rings. The van der Waals surface area contributed by atoms with E-state index in [1.54, 1.807) is 30.3 Å². The number of anilines is 1. The zero-order chi connectivity index (χ0) is 29.1. The quantitative estimate of drug-likeness (QED) is 0.271. The zero-order valence-electron chi connectivity index (χ0n) is 20.7. The Morgan fingerprint density at radius 1 is 1.23 bits per heavy atom. The molecule has 1 aromatic heterocycles. The Balaban J connectivity index is 1.78. The molecule has 208 valence electrons. The molecule has 0 aliphatic carbocycles. The smallest absolute Gasteiger partial charge is 0.437 e. The van der Waals surface area contributed by atoms with Crippen molar-refractivity contribution in [1.29, 1.82) is 5.26 Å². The molecule has 0 radical (unpaired) electrons. The SMILES string of the molecule is COc1cccc(NC(=O)CSC2=C(C#N)C(c3ccccc3Cl)C(C(=O)c3cccs3)C(O)(C(F)(F)F)N2)c1. The van der Waals surface area contributed by atoms with Gasteiger partial charge in [-0.05, 0) is 35.2 Å². The molecule has 0 fully saturated rings. The summed E-state index contributed by atoms with van der Waals surface area (Å²) in [5.41, 5.74) is -3.61. The largest absolute Gasteiger partial charge is 0.497 e. The second-order valence-electron chi connectivity index (χ2n) is 8.63. The van der Waals surface area contributed by atoms with Crippen LogP contribution in [0.1, 0.15) is 21.2 Å². The van der Waals surface area contributed by atoms with Gasteiger partial charge < -0.3 is 20.5 Å². The number of thioether (sulfide) groups is 1. The molecule has 7 nitrogen and oxygen atoms in total. The number of carbonyl (C=O) groups excluding carboxylic acids is 2. The number of allylic oxidation sites excluding steroid dienone is 1. The van der Waals surface area contributed by atoms with Gasteiger partial charge in [-0.25, -0.2) is 0 Å². The van der Waals surface area contributed by atoms with Gasteiger partial charge in [0.2, 0.25) is 11.6 Å². The van der Waals surface area contributed by atoms with Gasteiger partial charge in [-0.15, -0.1) is 11.3 Å². The number of alkyl halides is 3. The minimum Gasteiger partial charge on any atom is -0.497 e. The van der Waals surface area contributed by atoms with Gasteiger partial charge in [0.1, 0.15) is 5.75 Å². The molecule has 0 spiro atoms. The molecular weight excluding hydrogens is 587 g/mol. The maximum Gasteiger partial charge on any atom is 0.437 e. The monoisotopic (exact) mass is 607 g/mol. The first kappa shape index (κ1) is 29.5. The molecule has 1 amide bonds. The summed E-state index contributed by atoms with van der Waals surface area (Å²) >= 11 is 7.87. The average molecular weight is 608 g/mol. The normalized spacial score (nSPS) is 20.8. The van der Waals surface area contributed by atoms with Crippen molar-refractivity contribution in [2.45, 2.75) is 17.8 Å². The van der Waals surface area contributed by atoms with Gasteiger partial charge in [0.05, 0.1) is 40.3 Å². The van der Waals surface area contributed by atoms with E-state index in [9.17, 15) is 33.1 Å². The maximum absolute atomic E-state index is 14.6. The highest BCUT2D eigenvalue weighted by Crippen LogP contribution is 2.52. The summed E-state index contributed by atoms with van der Waals surface area (Å²) in [6.45, 7) is 0. The van der Waals surface area contributed by atoms with Crippen LogP contribution in [0.5, 0.6) is 5.75 Å². The predicted molar refractivity (Wildman–Crippen MR) is 147 cm³/mol. The molecule has 0 saturated heterocycles. The number of hydrogen-bond acceptors (Lipinski definition) is 8. The number of ketones is 1. The lowest BCUT2D eigenvalue weighted by atomic mass is 9.70. The number of rotatable bonds is 8. The average Bonchev–Trinajstić information content (AvgIpc) is 3.46. The van der Waals surface area contributed by atoms with Crippen molar-refractivity contribution in [1.82, 2.24) is 5.32 Å². The number of nitrogens with one attached hydrogen (secondary N) is 2. The number of benzene rings is 2. The Labute approximate surface area is 240 Å². The number of halogens is 4. The number of nitrogens with zero attached hydrogens (tertiary/aromatic N) is 1. The Hall–Kier alpha value is -3.50. The third-order valence-corrected chi connectivity index (χ3v) is 8.43. The molecule has 0 bridgehead atoms. The van der Waals surface area contributed by atoms with Crippen LogP contribution in [0.4, 0.5) is 18.9 Å². The van der Waals surface area contributed by atoms with Gasteiger partial charge in [-0.1, -0.05) is 53.7 Å². The number of aliphatic hydroxyl groups is 1. The maximum atomic E-state index is 14.6.